The SMILES string of the molecule is COCCOC(CNC(C)(C)C)c1ccccc1Br. The lowest BCUT2D eigenvalue weighted by molar-refractivity contribution is 0.0136. The van der Waals surface area contributed by atoms with Crippen LogP contribution in [-0.2, 0) is 9.47 Å². The van der Waals surface area contributed by atoms with Crippen LogP contribution in [-0.4, -0.2) is 32.4 Å². The van der Waals surface area contributed by atoms with Gasteiger partial charge in [-0.05, 0) is 32.4 Å². The van der Waals surface area contributed by atoms with E-state index in [9.17, 15) is 0 Å². The monoisotopic (exact) mass is 329 g/mol. The zero-order valence-electron chi connectivity index (χ0n) is 12.2. The molecule has 1 unspecified atom stereocenters. The van der Waals surface area contributed by atoms with E-state index in [4.69, 9.17) is 9.47 Å². The predicted molar refractivity (Wildman–Crippen MR) is 82.5 cm³/mol. The number of benzene rings is 1. The summed E-state index contributed by atoms with van der Waals surface area (Å²) in [5.74, 6) is 0. The molecule has 19 heavy (non-hydrogen) atoms. The highest BCUT2D eigenvalue weighted by molar-refractivity contribution is 9.10. The third-order valence-corrected chi connectivity index (χ3v) is 3.40. The second-order valence-corrected chi connectivity index (χ2v) is 6.36. The quantitative estimate of drug-likeness (QED) is 0.776. The number of hydrogen-bond acceptors (Lipinski definition) is 3. The number of rotatable bonds is 7. The van der Waals surface area contributed by atoms with Gasteiger partial charge in [0.05, 0.1) is 19.3 Å². The van der Waals surface area contributed by atoms with Crippen molar-refractivity contribution < 1.29 is 9.47 Å². The molecule has 0 amide bonds. The van der Waals surface area contributed by atoms with Crippen LogP contribution in [0.3, 0.4) is 0 Å². The Labute approximate surface area is 124 Å². The summed E-state index contributed by atoms with van der Waals surface area (Å²) >= 11 is 3.59. The zero-order valence-corrected chi connectivity index (χ0v) is 13.8. The van der Waals surface area contributed by atoms with Gasteiger partial charge < -0.3 is 14.8 Å². The van der Waals surface area contributed by atoms with Crippen molar-refractivity contribution in [2.24, 2.45) is 0 Å². The highest BCUT2D eigenvalue weighted by atomic mass is 79.9. The van der Waals surface area contributed by atoms with E-state index in [1.807, 2.05) is 18.2 Å². The summed E-state index contributed by atoms with van der Waals surface area (Å²) in [7, 11) is 1.68. The van der Waals surface area contributed by atoms with Gasteiger partial charge in [0.1, 0.15) is 0 Å². The molecule has 3 nitrogen and oxygen atoms in total. The fraction of sp³-hybridized carbons (Fsp3) is 0.600. The van der Waals surface area contributed by atoms with Gasteiger partial charge in [0, 0.05) is 23.7 Å². The fourth-order valence-corrected chi connectivity index (χ4v) is 2.21. The highest BCUT2D eigenvalue weighted by Crippen LogP contribution is 2.25. The van der Waals surface area contributed by atoms with Gasteiger partial charge in [-0.25, -0.2) is 0 Å². The lowest BCUT2D eigenvalue weighted by Crippen LogP contribution is -2.39. The number of methoxy groups -OCH3 is 1. The Hall–Kier alpha value is -0.420. The number of halogens is 1. The Morgan fingerprint density at radius 3 is 2.47 bits per heavy atom. The van der Waals surface area contributed by atoms with Crippen LogP contribution in [0.15, 0.2) is 28.7 Å². The van der Waals surface area contributed by atoms with Crippen LogP contribution in [0.4, 0.5) is 0 Å². The molecule has 4 heteroatoms. The van der Waals surface area contributed by atoms with Gasteiger partial charge in [0.15, 0.2) is 0 Å². The molecule has 1 aromatic carbocycles. The standard InChI is InChI=1S/C15H24BrNO2/c1-15(2,3)17-11-14(19-10-9-18-4)12-7-5-6-8-13(12)16/h5-8,14,17H,9-11H2,1-4H3. The summed E-state index contributed by atoms with van der Waals surface area (Å²) in [5, 5.41) is 3.49. The van der Waals surface area contributed by atoms with Crippen molar-refractivity contribution in [2.45, 2.75) is 32.4 Å². The maximum absolute atomic E-state index is 5.93. The van der Waals surface area contributed by atoms with Crippen molar-refractivity contribution in [3.63, 3.8) is 0 Å². The van der Waals surface area contributed by atoms with Gasteiger partial charge >= 0.3 is 0 Å². The molecule has 1 N–H and O–H groups in total. The number of nitrogens with one attached hydrogen (secondary N) is 1. The first-order valence-electron chi connectivity index (χ1n) is 6.54. The molecule has 0 radical (unpaired) electrons. The largest absolute Gasteiger partial charge is 0.382 e. The molecule has 0 aliphatic rings. The van der Waals surface area contributed by atoms with E-state index in [1.165, 1.54) is 0 Å². The van der Waals surface area contributed by atoms with Crippen molar-refractivity contribution in [2.75, 3.05) is 26.9 Å². The van der Waals surface area contributed by atoms with Gasteiger partial charge in [-0.15, -0.1) is 0 Å². The Balaban J connectivity index is 2.71. The smallest absolute Gasteiger partial charge is 0.0961 e. The molecular formula is C15H24BrNO2. The van der Waals surface area contributed by atoms with Gasteiger partial charge in [-0.2, -0.15) is 0 Å². The first-order chi connectivity index (χ1) is 8.94. The zero-order chi connectivity index (χ0) is 14.3. The van der Waals surface area contributed by atoms with Crippen LogP contribution in [0.1, 0.15) is 32.4 Å². The van der Waals surface area contributed by atoms with Crippen LogP contribution in [0, 0.1) is 0 Å². The molecule has 0 aliphatic carbocycles. The molecule has 1 aromatic rings. The molecule has 0 spiro atoms. The first-order valence-corrected chi connectivity index (χ1v) is 7.33. The predicted octanol–water partition coefficient (Wildman–Crippen LogP) is 3.54. The van der Waals surface area contributed by atoms with Gasteiger partial charge in [0.2, 0.25) is 0 Å². The van der Waals surface area contributed by atoms with Crippen molar-refractivity contribution in [1.29, 1.82) is 0 Å². The number of hydrogen-bond donors (Lipinski definition) is 1. The minimum Gasteiger partial charge on any atom is -0.382 e. The average Bonchev–Trinajstić information content (AvgIpc) is 2.33. The average molecular weight is 330 g/mol. The molecule has 0 heterocycles. The van der Waals surface area contributed by atoms with Crippen LogP contribution < -0.4 is 5.32 Å². The Bertz CT molecular complexity index is 377. The molecule has 1 atom stereocenters. The van der Waals surface area contributed by atoms with Gasteiger partial charge in [-0.3, -0.25) is 0 Å². The minimum atomic E-state index is 0.0185. The van der Waals surface area contributed by atoms with E-state index in [-0.39, 0.29) is 11.6 Å². The summed E-state index contributed by atoms with van der Waals surface area (Å²) in [6, 6.07) is 8.17. The second kappa shape index (κ2) is 8.00. The molecule has 1 rings (SSSR count). The third-order valence-electron chi connectivity index (χ3n) is 2.68. The Kier molecular flexibility index (Phi) is 7.00. The van der Waals surface area contributed by atoms with Crippen LogP contribution in [0.25, 0.3) is 0 Å². The van der Waals surface area contributed by atoms with Crippen molar-refractivity contribution >= 4 is 15.9 Å². The Morgan fingerprint density at radius 2 is 1.89 bits per heavy atom. The van der Waals surface area contributed by atoms with E-state index in [2.05, 4.69) is 48.1 Å². The normalized spacial score (nSPS) is 13.5. The Morgan fingerprint density at radius 1 is 1.21 bits per heavy atom. The van der Waals surface area contributed by atoms with Gasteiger partial charge in [-0.1, -0.05) is 34.1 Å². The summed E-state index contributed by atoms with van der Waals surface area (Å²) in [6.45, 7) is 8.43. The topological polar surface area (TPSA) is 30.5 Å². The molecule has 0 aromatic heterocycles. The molecule has 108 valence electrons. The number of ether oxygens (including phenoxy) is 2. The summed E-state index contributed by atoms with van der Waals surface area (Å²) in [5.41, 5.74) is 1.24. The molecule has 0 aliphatic heterocycles. The van der Waals surface area contributed by atoms with E-state index in [0.717, 1.165) is 16.6 Å². The summed E-state index contributed by atoms with van der Waals surface area (Å²) < 4.78 is 12.1. The van der Waals surface area contributed by atoms with E-state index in [1.54, 1.807) is 7.11 Å². The maximum Gasteiger partial charge on any atom is 0.0961 e. The van der Waals surface area contributed by atoms with Crippen molar-refractivity contribution in [3.8, 4) is 0 Å². The molecule has 0 fully saturated rings. The van der Waals surface area contributed by atoms with Crippen molar-refractivity contribution in [3.05, 3.63) is 34.3 Å². The maximum atomic E-state index is 5.93. The van der Waals surface area contributed by atoms with Crippen molar-refractivity contribution in [1.82, 2.24) is 5.32 Å². The minimum absolute atomic E-state index is 0.0185. The second-order valence-electron chi connectivity index (χ2n) is 5.50. The molecule has 0 bridgehead atoms. The highest BCUT2D eigenvalue weighted by Gasteiger charge is 2.18. The van der Waals surface area contributed by atoms with Gasteiger partial charge in [0.25, 0.3) is 0 Å². The first kappa shape index (κ1) is 16.6. The molecule has 0 saturated carbocycles. The fourth-order valence-electron chi connectivity index (χ4n) is 1.67. The van der Waals surface area contributed by atoms with E-state index >= 15 is 0 Å². The summed E-state index contributed by atoms with van der Waals surface area (Å²) in [6.07, 6.45) is 0.0185. The lowest BCUT2D eigenvalue weighted by atomic mass is 10.1. The third kappa shape index (κ3) is 6.52. The lowest BCUT2D eigenvalue weighted by Gasteiger charge is -2.26. The van der Waals surface area contributed by atoms with Crippen LogP contribution >= 0.6 is 15.9 Å². The van der Waals surface area contributed by atoms with E-state index in [0.29, 0.717) is 13.2 Å². The van der Waals surface area contributed by atoms with Crippen LogP contribution in [0.2, 0.25) is 0 Å². The van der Waals surface area contributed by atoms with E-state index < -0.39 is 0 Å². The molecular weight excluding hydrogens is 306 g/mol. The summed E-state index contributed by atoms with van der Waals surface area (Å²) in [4.78, 5) is 0. The molecule has 0 saturated heterocycles. The van der Waals surface area contributed by atoms with Crippen LogP contribution in [0.5, 0.6) is 0 Å².